The molecule has 2 atom stereocenters. The summed E-state index contributed by atoms with van der Waals surface area (Å²) in [6.07, 6.45) is 6.53. The van der Waals surface area contributed by atoms with Gasteiger partial charge in [0.15, 0.2) is 0 Å². The van der Waals surface area contributed by atoms with Gasteiger partial charge in [-0.2, -0.15) is 5.26 Å². The summed E-state index contributed by atoms with van der Waals surface area (Å²) >= 11 is 0. The van der Waals surface area contributed by atoms with Gasteiger partial charge >= 0.3 is 0 Å². The van der Waals surface area contributed by atoms with Gasteiger partial charge in [0.1, 0.15) is 0 Å². The second-order valence-corrected chi connectivity index (χ2v) is 5.44. The van der Waals surface area contributed by atoms with Gasteiger partial charge in [0.2, 0.25) is 5.91 Å². The molecule has 0 bridgehead atoms. The molecule has 110 valence electrons. The van der Waals surface area contributed by atoms with Crippen molar-refractivity contribution in [3.8, 4) is 6.07 Å². The van der Waals surface area contributed by atoms with Gasteiger partial charge in [-0.05, 0) is 36.6 Å². The molecule has 0 aliphatic heterocycles. The van der Waals surface area contributed by atoms with Crippen molar-refractivity contribution in [2.24, 2.45) is 0 Å². The van der Waals surface area contributed by atoms with E-state index in [0.29, 0.717) is 5.56 Å². The maximum absolute atomic E-state index is 12.2. The second-order valence-electron chi connectivity index (χ2n) is 5.44. The zero-order chi connectivity index (χ0) is 15.2. The fourth-order valence-corrected chi connectivity index (χ4v) is 2.66. The van der Waals surface area contributed by atoms with Gasteiger partial charge in [-0.15, -0.1) is 0 Å². The molecule has 1 aromatic carbocycles. The third-order valence-corrected chi connectivity index (χ3v) is 4.00. The first-order chi connectivity index (χ1) is 10.1. The van der Waals surface area contributed by atoms with Gasteiger partial charge in [0.25, 0.3) is 0 Å². The van der Waals surface area contributed by atoms with E-state index in [1.165, 1.54) is 6.08 Å². The lowest BCUT2D eigenvalue weighted by Gasteiger charge is -2.34. The minimum Gasteiger partial charge on any atom is -0.391 e. The highest BCUT2D eigenvalue weighted by atomic mass is 16.3. The molecule has 2 rings (SSSR count). The number of rotatable bonds is 3. The predicted molar refractivity (Wildman–Crippen MR) is 81.2 cm³/mol. The Morgan fingerprint density at radius 3 is 2.62 bits per heavy atom. The van der Waals surface area contributed by atoms with Crippen LogP contribution in [-0.4, -0.2) is 35.1 Å². The fourth-order valence-electron chi connectivity index (χ4n) is 2.66. The van der Waals surface area contributed by atoms with Crippen molar-refractivity contribution in [3.05, 3.63) is 41.5 Å². The predicted octanol–water partition coefficient (Wildman–Crippen LogP) is 2.33. The number of amides is 1. The van der Waals surface area contributed by atoms with Crippen LogP contribution >= 0.6 is 0 Å². The van der Waals surface area contributed by atoms with Crippen LogP contribution in [0.15, 0.2) is 30.3 Å². The maximum Gasteiger partial charge on any atom is 0.246 e. The number of hydrogen-bond acceptors (Lipinski definition) is 3. The summed E-state index contributed by atoms with van der Waals surface area (Å²) in [5.41, 5.74) is 1.47. The molecule has 4 nitrogen and oxygen atoms in total. The van der Waals surface area contributed by atoms with Crippen LogP contribution in [0.25, 0.3) is 6.08 Å². The van der Waals surface area contributed by atoms with Crippen molar-refractivity contribution in [3.63, 3.8) is 0 Å². The number of carbonyl (C=O) groups is 1. The van der Waals surface area contributed by atoms with E-state index in [2.05, 4.69) is 6.07 Å². The van der Waals surface area contributed by atoms with Gasteiger partial charge in [-0.1, -0.05) is 25.0 Å². The smallest absolute Gasteiger partial charge is 0.246 e. The van der Waals surface area contributed by atoms with E-state index >= 15 is 0 Å². The van der Waals surface area contributed by atoms with Gasteiger partial charge < -0.3 is 10.0 Å². The molecule has 0 aromatic heterocycles. The molecular weight excluding hydrogens is 264 g/mol. The minimum absolute atomic E-state index is 0.0862. The Morgan fingerprint density at radius 2 is 2.00 bits per heavy atom. The maximum atomic E-state index is 12.2. The fraction of sp³-hybridized carbons (Fsp3) is 0.412. The van der Waals surface area contributed by atoms with Crippen molar-refractivity contribution in [1.29, 1.82) is 5.26 Å². The molecule has 2 unspecified atom stereocenters. The Kier molecular flexibility index (Phi) is 5.13. The lowest BCUT2D eigenvalue weighted by molar-refractivity contribution is -0.130. The van der Waals surface area contributed by atoms with Crippen LogP contribution in [0, 0.1) is 11.3 Å². The molecule has 0 saturated heterocycles. The largest absolute Gasteiger partial charge is 0.391 e. The molecular formula is C17H20N2O2. The van der Waals surface area contributed by atoms with Crippen molar-refractivity contribution in [2.75, 3.05) is 7.05 Å². The normalized spacial score (nSPS) is 22.0. The lowest BCUT2D eigenvalue weighted by Crippen LogP contribution is -2.45. The molecule has 0 heterocycles. The van der Waals surface area contributed by atoms with Crippen molar-refractivity contribution >= 4 is 12.0 Å². The van der Waals surface area contributed by atoms with Crippen LogP contribution in [-0.2, 0) is 4.79 Å². The zero-order valence-electron chi connectivity index (χ0n) is 12.2. The van der Waals surface area contributed by atoms with E-state index in [9.17, 15) is 9.90 Å². The number of likely N-dealkylation sites (N-methyl/N-ethyl adjacent to an activating group) is 1. The average molecular weight is 284 g/mol. The molecule has 0 spiro atoms. The van der Waals surface area contributed by atoms with Crippen LogP contribution in [0.1, 0.15) is 36.8 Å². The molecule has 1 aromatic rings. The quantitative estimate of drug-likeness (QED) is 0.866. The third kappa shape index (κ3) is 3.93. The summed E-state index contributed by atoms with van der Waals surface area (Å²) < 4.78 is 0. The Bertz CT molecular complexity index is 557. The van der Waals surface area contributed by atoms with E-state index in [-0.39, 0.29) is 11.9 Å². The SMILES string of the molecule is CN(C(=O)/C=C/c1ccc(C#N)cc1)C1CCCCC1O. The zero-order valence-corrected chi connectivity index (χ0v) is 12.2. The van der Waals surface area contributed by atoms with Crippen molar-refractivity contribution < 1.29 is 9.90 Å². The van der Waals surface area contributed by atoms with Crippen LogP contribution in [0.5, 0.6) is 0 Å². The summed E-state index contributed by atoms with van der Waals surface area (Å²) in [6, 6.07) is 9.02. The number of benzene rings is 1. The van der Waals surface area contributed by atoms with E-state index in [0.717, 1.165) is 31.2 Å². The summed E-state index contributed by atoms with van der Waals surface area (Å²) in [7, 11) is 1.74. The van der Waals surface area contributed by atoms with E-state index in [4.69, 9.17) is 5.26 Å². The number of aliphatic hydroxyl groups is 1. The van der Waals surface area contributed by atoms with Gasteiger partial charge in [-0.3, -0.25) is 4.79 Å². The van der Waals surface area contributed by atoms with Crippen LogP contribution in [0.2, 0.25) is 0 Å². The van der Waals surface area contributed by atoms with Crippen LogP contribution in [0.3, 0.4) is 0 Å². The summed E-state index contributed by atoms with van der Waals surface area (Å²) in [5.74, 6) is -0.106. The van der Waals surface area contributed by atoms with Gasteiger partial charge in [0, 0.05) is 13.1 Å². The molecule has 0 radical (unpaired) electrons. The summed E-state index contributed by atoms with van der Waals surface area (Å²) in [6.45, 7) is 0. The number of hydrogen-bond donors (Lipinski definition) is 1. The van der Waals surface area contributed by atoms with E-state index in [1.807, 2.05) is 0 Å². The Morgan fingerprint density at radius 1 is 1.33 bits per heavy atom. The van der Waals surface area contributed by atoms with Crippen molar-refractivity contribution in [2.45, 2.75) is 37.8 Å². The number of nitrogens with zero attached hydrogens (tertiary/aromatic N) is 2. The summed E-state index contributed by atoms with van der Waals surface area (Å²) in [5, 5.41) is 18.7. The minimum atomic E-state index is -0.420. The summed E-state index contributed by atoms with van der Waals surface area (Å²) in [4.78, 5) is 13.8. The topological polar surface area (TPSA) is 64.3 Å². The van der Waals surface area contributed by atoms with E-state index < -0.39 is 6.10 Å². The molecule has 1 amide bonds. The number of carbonyl (C=O) groups excluding carboxylic acids is 1. The van der Waals surface area contributed by atoms with Crippen LogP contribution in [0.4, 0.5) is 0 Å². The molecule has 21 heavy (non-hydrogen) atoms. The first kappa shape index (κ1) is 15.3. The Hall–Kier alpha value is -2.12. The van der Waals surface area contributed by atoms with Crippen molar-refractivity contribution in [1.82, 2.24) is 4.90 Å². The molecule has 1 aliphatic carbocycles. The first-order valence-electron chi connectivity index (χ1n) is 7.25. The van der Waals surface area contributed by atoms with Gasteiger partial charge in [0.05, 0.1) is 23.8 Å². The molecule has 1 fully saturated rings. The molecule has 1 N–H and O–H groups in total. The van der Waals surface area contributed by atoms with Crippen LogP contribution < -0.4 is 0 Å². The first-order valence-corrected chi connectivity index (χ1v) is 7.25. The molecule has 1 aliphatic rings. The standard InChI is InChI=1S/C17H20N2O2/c1-19(15-4-2-3-5-16(15)20)17(21)11-10-13-6-8-14(12-18)9-7-13/h6-11,15-16,20H,2-5H2,1H3/b11-10+. The monoisotopic (exact) mass is 284 g/mol. The number of nitriles is 1. The van der Waals surface area contributed by atoms with E-state index in [1.54, 1.807) is 42.3 Å². The lowest BCUT2D eigenvalue weighted by atomic mass is 9.91. The average Bonchev–Trinajstić information content (AvgIpc) is 2.53. The Balaban J connectivity index is 1.99. The molecule has 4 heteroatoms. The highest BCUT2D eigenvalue weighted by Gasteiger charge is 2.28. The highest BCUT2D eigenvalue weighted by molar-refractivity contribution is 5.91. The third-order valence-electron chi connectivity index (χ3n) is 4.00. The number of aliphatic hydroxyl groups excluding tert-OH is 1. The second kappa shape index (κ2) is 7.05. The highest BCUT2D eigenvalue weighted by Crippen LogP contribution is 2.22. The molecule has 1 saturated carbocycles. The Labute approximate surface area is 125 Å². The van der Waals surface area contributed by atoms with Gasteiger partial charge in [-0.25, -0.2) is 0 Å².